The Kier molecular flexibility index (Phi) is 3.19. The largest absolute Gasteiger partial charge is 0.334 e. The Morgan fingerprint density at radius 3 is 2.80 bits per heavy atom. The Labute approximate surface area is 89.1 Å². The van der Waals surface area contributed by atoms with Crippen molar-refractivity contribution in [2.45, 2.75) is 12.5 Å². The first-order valence-corrected chi connectivity index (χ1v) is 5.18. The van der Waals surface area contributed by atoms with Crippen LogP contribution in [0.4, 0.5) is 10.5 Å². The van der Waals surface area contributed by atoms with E-state index in [4.69, 9.17) is 0 Å². The highest BCUT2D eigenvalue weighted by Gasteiger charge is 2.16. The molecule has 1 atom stereocenters. The van der Waals surface area contributed by atoms with Crippen LogP contribution in [0.2, 0.25) is 0 Å². The van der Waals surface area contributed by atoms with Crippen LogP contribution in [0, 0.1) is 0 Å². The summed E-state index contributed by atoms with van der Waals surface area (Å²) in [5.41, 5.74) is 0.820. The minimum Gasteiger partial charge on any atom is -0.334 e. The molecule has 2 amide bonds. The van der Waals surface area contributed by atoms with Crippen molar-refractivity contribution in [3.63, 3.8) is 0 Å². The van der Waals surface area contributed by atoms with Gasteiger partial charge in [0.15, 0.2) is 0 Å². The molecular weight excluding hydrogens is 190 g/mol. The fraction of sp³-hybridized carbons (Fsp3) is 0.364. The van der Waals surface area contributed by atoms with Gasteiger partial charge in [-0.3, -0.25) is 0 Å². The highest BCUT2D eigenvalue weighted by molar-refractivity contribution is 5.89. The molecule has 0 aliphatic carbocycles. The van der Waals surface area contributed by atoms with E-state index < -0.39 is 0 Å². The SMILES string of the molecule is O=C(Nc1ccccc1)NC1CCNC1. The first-order valence-electron chi connectivity index (χ1n) is 5.18. The van der Waals surface area contributed by atoms with E-state index in [1.165, 1.54) is 0 Å². The van der Waals surface area contributed by atoms with Gasteiger partial charge in [0, 0.05) is 18.3 Å². The van der Waals surface area contributed by atoms with Crippen LogP contribution in [-0.2, 0) is 0 Å². The van der Waals surface area contributed by atoms with Crippen LogP contribution in [-0.4, -0.2) is 25.2 Å². The summed E-state index contributed by atoms with van der Waals surface area (Å²) < 4.78 is 0. The molecule has 0 aromatic heterocycles. The van der Waals surface area contributed by atoms with Gasteiger partial charge in [-0.1, -0.05) is 18.2 Å². The molecule has 15 heavy (non-hydrogen) atoms. The quantitative estimate of drug-likeness (QED) is 0.679. The number of hydrogen-bond acceptors (Lipinski definition) is 2. The van der Waals surface area contributed by atoms with Gasteiger partial charge in [-0.05, 0) is 25.1 Å². The lowest BCUT2D eigenvalue weighted by molar-refractivity contribution is 0.249. The van der Waals surface area contributed by atoms with Gasteiger partial charge >= 0.3 is 6.03 Å². The van der Waals surface area contributed by atoms with Gasteiger partial charge in [0.05, 0.1) is 0 Å². The number of anilines is 1. The summed E-state index contributed by atoms with van der Waals surface area (Å²) in [7, 11) is 0. The van der Waals surface area contributed by atoms with E-state index in [1.807, 2.05) is 30.3 Å². The summed E-state index contributed by atoms with van der Waals surface area (Å²) in [5.74, 6) is 0. The van der Waals surface area contributed by atoms with Gasteiger partial charge in [0.2, 0.25) is 0 Å². The summed E-state index contributed by atoms with van der Waals surface area (Å²) in [6.07, 6.45) is 1.00. The molecule has 80 valence electrons. The second-order valence-corrected chi connectivity index (χ2v) is 3.65. The normalized spacial score (nSPS) is 19.9. The fourth-order valence-corrected chi connectivity index (χ4v) is 1.65. The molecule has 1 aromatic carbocycles. The zero-order valence-electron chi connectivity index (χ0n) is 8.49. The summed E-state index contributed by atoms with van der Waals surface area (Å²) in [6, 6.07) is 9.58. The third kappa shape index (κ3) is 2.95. The van der Waals surface area contributed by atoms with Crippen molar-refractivity contribution < 1.29 is 4.79 Å². The molecule has 0 radical (unpaired) electrons. The predicted molar refractivity (Wildman–Crippen MR) is 59.9 cm³/mol. The first-order chi connectivity index (χ1) is 7.34. The Morgan fingerprint density at radius 1 is 1.33 bits per heavy atom. The molecule has 1 heterocycles. The fourth-order valence-electron chi connectivity index (χ4n) is 1.65. The molecule has 2 rings (SSSR count). The number of urea groups is 1. The number of hydrogen-bond donors (Lipinski definition) is 3. The summed E-state index contributed by atoms with van der Waals surface area (Å²) in [4.78, 5) is 11.5. The highest BCUT2D eigenvalue weighted by atomic mass is 16.2. The smallest absolute Gasteiger partial charge is 0.319 e. The Morgan fingerprint density at radius 2 is 2.13 bits per heavy atom. The summed E-state index contributed by atoms with van der Waals surface area (Å²) in [6.45, 7) is 1.85. The average molecular weight is 205 g/mol. The Hall–Kier alpha value is -1.55. The van der Waals surface area contributed by atoms with E-state index in [9.17, 15) is 4.79 Å². The maximum atomic E-state index is 11.5. The monoisotopic (exact) mass is 205 g/mol. The van der Waals surface area contributed by atoms with Crippen molar-refractivity contribution in [1.82, 2.24) is 10.6 Å². The Bertz CT molecular complexity index is 320. The second-order valence-electron chi connectivity index (χ2n) is 3.65. The third-order valence-electron chi connectivity index (χ3n) is 2.43. The zero-order valence-corrected chi connectivity index (χ0v) is 8.49. The molecule has 1 fully saturated rings. The maximum Gasteiger partial charge on any atom is 0.319 e. The van der Waals surface area contributed by atoms with Crippen LogP contribution in [0.5, 0.6) is 0 Å². The van der Waals surface area contributed by atoms with Crippen molar-refractivity contribution in [3.8, 4) is 0 Å². The topological polar surface area (TPSA) is 53.2 Å². The van der Waals surface area contributed by atoms with Gasteiger partial charge in [0.1, 0.15) is 0 Å². The van der Waals surface area contributed by atoms with E-state index in [-0.39, 0.29) is 12.1 Å². The van der Waals surface area contributed by atoms with Crippen LogP contribution < -0.4 is 16.0 Å². The minimum atomic E-state index is -0.130. The molecule has 1 aliphatic rings. The molecule has 4 nitrogen and oxygen atoms in total. The molecule has 4 heteroatoms. The number of amides is 2. The number of carbonyl (C=O) groups excluding carboxylic acids is 1. The molecular formula is C11H15N3O. The van der Waals surface area contributed by atoms with E-state index in [0.29, 0.717) is 0 Å². The number of para-hydroxylation sites is 1. The van der Waals surface area contributed by atoms with Crippen molar-refractivity contribution >= 4 is 11.7 Å². The van der Waals surface area contributed by atoms with Gasteiger partial charge in [-0.15, -0.1) is 0 Å². The van der Waals surface area contributed by atoms with Crippen LogP contribution in [0.25, 0.3) is 0 Å². The van der Waals surface area contributed by atoms with E-state index in [2.05, 4.69) is 16.0 Å². The lowest BCUT2D eigenvalue weighted by Crippen LogP contribution is -2.39. The number of carbonyl (C=O) groups is 1. The first kappa shape index (κ1) is 9.98. The minimum absolute atomic E-state index is 0.130. The van der Waals surface area contributed by atoms with E-state index in [0.717, 1.165) is 25.2 Å². The van der Waals surface area contributed by atoms with Gasteiger partial charge in [0.25, 0.3) is 0 Å². The van der Waals surface area contributed by atoms with Crippen LogP contribution >= 0.6 is 0 Å². The van der Waals surface area contributed by atoms with Crippen molar-refractivity contribution in [2.75, 3.05) is 18.4 Å². The van der Waals surface area contributed by atoms with Gasteiger partial charge in [-0.25, -0.2) is 4.79 Å². The maximum absolute atomic E-state index is 11.5. The third-order valence-corrected chi connectivity index (χ3v) is 2.43. The average Bonchev–Trinajstić information content (AvgIpc) is 2.71. The molecule has 0 bridgehead atoms. The lowest BCUT2D eigenvalue weighted by atomic mass is 10.3. The molecule has 1 aromatic rings. The molecule has 3 N–H and O–H groups in total. The van der Waals surface area contributed by atoms with Crippen LogP contribution in [0.15, 0.2) is 30.3 Å². The van der Waals surface area contributed by atoms with Gasteiger partial charge in [-0.2, -0.15) is 0 Å². The standard InChI is InChI=1S/C11H15N3O/c15-11(14-10-6-7-12-8-10)13-9-4-2-1-3-5-9/h1-5,10,12H,6-8H2,(H2,13,14,15). The number of benzene rings is 1. The number of rotatable bonds is 2. The van der Waals surface area contributed by atoms with E-state index >= 15 is 0 Å². The molecule has 1 aliphatic heterocycles. The summed E-state index contributed by atoms with van der Waals surface area (Å²) in [5, 5.41) is 8.90. The number of nitrogens with one attached hydrogen (secondary N) is 3. The highest BCUT2D eigenvalue weighted by Crippen LogP contribution is 2.05. The molecule has 1 unspecified atom stereocenters. The second kappa shape index (κ2) is 4.79. The van der Waals surface area contributed by atoms with E-state index in [1.54, 1.807) is 0 Å². The molecule has 1 saturated heterocycles. The predicted octanol–water partition coefficient (Wildman–Crippen LogP) is 1.17. The van der Waals surface area contributed by atoms with Crippen molar-refractivity contribution in [3.05, 3.63) is 30.3 Å². The summed E-state index contributed by atoms with van der Waals surface area (Å²) >= 11 is 0. The van der Waals surface area contributed by atoms with Crippen LogP contribution in [0.1, 0.15) is 6.42 Å². The zero-order chi connectivity index (χ0) is 10.5. The van der Waals surface area contributed by atoms with Gasteiger partial charge < -0.3 is 16.0 Å². The Balaban J connectivity index is 1.82. The lowest BCUT2D eigenvalue weighted by Gasteiger charge is -2.12. The molecule has 0 saturated carbocycles. The molecule has 0 spiro atoms. The van der Waals surface area contributed by atoms with Crippen LogP contribution in [0.3, 0.4) is 0 Å². The van der Waals surface area contributed by atoms with Crippen molar-refractivity contribution in [1.29, 1.82) is 0 Å². The van der Waals surface area contributed by atoms with Crippen molar-refractivity contribution in [2.24, 2.45) is 0 Å².